The van der Waals surface area contributed by atoms with Crippen LogP contribution in [-0.4, -0.2) is 30.1 Å². The van der Waals surface area contributed by atoms with E-state index in [1.165, 1.54) is 11.6 Å². The molecule has 0 unspecified atom stereocenters. The summed E-state index contributed by atoms with van der Waals surface area (Å²) in [6.07, 6.45) is 3.50. The highest BCUT2D eigenvalue weighted by atomic mass is 16.6. The molecule has 3 rings (SSSR count). The lowest BCUT2D eigenvalue weighted by Gasteiger charge is -2.32. The van der Waals surface area contributed by atoms with Gasteiger partial charge in [-0.2, -0.15) is 0 Å². The minimum Gasteiger partial charge on any atom is -0.497 e. The number of hydrogen-bond acceptors (Lipinski definition) is 5. The lowest BCUT2D eigenvalue weighted by atomic mass is 9.89. The Kier molecular flexibility index (Phi) is 4.41. The average molecular weight is 313 g/mol. The molecule has 120 valence electrons. The number of nitro groups is 1. The van der Waals surface area contributed by atoms with E-state index in [9.17, 15) is 10.1 Å². The molecule has 0 spiro atoms. The second-order valence-electron chi connectivity index (χ2n) is 5.64. The van der Waals surface area contributed by atoms with E-state index in [1.54, 1.807) is 19.4 Å². The van der Waals surface area contributed by atoms with Gasteiger partial charge in [0.15, 0.2) is 0 Å². The molecule has 0 amide bonds. The lowest BCUT2D eigenvalue weighted by molar-refractivity contribution is -0.384. The Labute approximate surface area is 134 Å². The van der Waals surface area contributed by atoms with Crippen molar-refractivity contribution in [3.63, 3.8) is 0 Å². The Bertz CT molecular complexity index is 697. The summed E-state index contributed by atoms with van der Waals surface area (Å²) in [7, 11) is 1.67. The van der Waals surface area contributed by atoms with Gasteiger partial charge in [-0.1, -0.05) is 12.1 Å². The summed E-state index contributed by atoms with van der Waals surface area (Å²) in [5, 5.41) is 11.1. The normalized spacial score (nSPS) is 15.4. The van der Waals surface area contributed by atoms with Crippen LogP contribution in [-0.2, 0) is 0 Å². The molecule has 6 nitrogen and oxygen atoms in total. The molecule has 0 radical (unpaired) electrons. The molecule has 0 aliphatic carbocycles. The molecular formula is C17H19N3O3. The zero-order valence-corrected chi connectivity index (χ0v) is 13.0. The van der Waals surface area contributed by atoms with E-state index in [1.807, 2.05) is 17.0 Å². The van der Waals surface area contributed by atoms with Gasteiger partial charge in [-0.15, -0.1) is 0 Å². The number of aromatic nitrogens is 1. The van der Waals surface area contributed by atoms with E-state index in [0.29, 0.717) is 11.7 Å². The summed E-state index contributed by atoms with van der Waals surface area (Å²) in [5.41, 5.74) is 1.34. The number of methoxy groups -OCH3 is 1. The molecule has 6 heteroatoms. The molecule has 1 saturated heterocycles. The summed E-state index contributed by atoms with van der Waals surface area (Å²) < 4.78 is 5.28. The zero-order valence-electron chi connectivity index (χ0n) is 13.0. The van der Waals surface area contributed by atoms with Crippen LogP contribution >= 0.6 is 0 Å². The van der Waals surface area contributed by atoms with Crippen molar-refractivity contribution in [2.45, 2.75) is 18.8 Å². The van der Waals surface area contributed by atoms with E-state index in [0.717, 1.165) is 31.7 Å². The first kappa shape index (κ1) is 15.3. The van der Waals surface area contributed by atoms with Crippen molar-refractivity contribution in [1.82, 2.24) is 4.98 Å². The van der Waals surface area contributed by atoms with Gasteiger partial charge in [-0.25, -0.2) is 4.98 Å². The number of ether oxygens (including phenoxy) is 1. The Morgan fingerprint density at radius 2 is 2.04 bits per heavy atom. The fraction of sp³-hybridized carbons (Fsp3) is 0.353. The van der Waals surface area contributed by atoms with Gasteiger partial charge in [-0.3, -0.25) is 10.1 Å². The van der Waals surface area contributed by atoms with E-state index in [-0.39, 0.29) is 10.6 Å². The van der Waals surface area contributed by atoms with E-state index in [2.05, 4.69) is 17.1 Å². The van der Waals surface area contributed by atoms with Crippen molar-refractivity contribution in [2.24, 2.45) is 0 Å². The monoisotopic (exact) mass is 313 g/mol. The first-order chi connectivity index (χ1) is 11.2. The molecule has 0 bridgehead atoms. The summed E-state index contributed by atoms with van der Waals surface area (Å²) in [6.45, 7) is 1.53. The molecule has 1 aromatic heterocycles. The third-order valence-electron chi connectivity index (χ3n) is 4.32. The maximum Gasteiger partial charge on any atom is 0.311 e. The third-order valence-corrected chi connectivity index (χ3v) is 4.32. The Balaban J connectivity index is 1.72. The van der Waals surface area contributed by atoms with Crippen molar-refractivity contribution in [1.29, 1.82) is 0 Å². The van der Waals surface area contributed by atoms with Crippen molar-refractivity contribution >= 4 is 11.5 Å². The van der Waals surface area contributed by atoms with E-state index in [4.69, 9.17) is 4.74 Å². The summed E-state index contributed by atoms with van der Waals surface area (Å²) in [6, 6.07) is 11.2. The van der Waals surface area contributed by atoms with Gasteiger partial charge in [0.05, 0.1) is 12.0 Å². The molecule has 2 aromatic rings. The van der Waals surface area contributed by atoms with Gasteiger partial charge in [0, 0.05) is 25.4 Å². The van der Waals surface area contributed by atoms with Crippen LogP contribution in [0.15, 0.2) is 42.6 Å². The fourth-order valence-corrected chi connectivity index (χ4v) is 3.09. The van der Waals surface area contributed by atoms with Gasteiger partial charge < -0.3 is 9.64 Å². The van der Waals surface area contributed by atoms with Crippen LogP contribution in [0.25, 0.3) is 0 Å². The largest absolute Gasteiger partial charge is 0.497 e. The van der Waals surface area contributed by atoms with Crippen LogP contribution in [0.1, 0.15) is 24.3 Å². The molecule has 1 aromatic carbocycles. The van der Waals surface area contributed by atoms with Gasteiger partial charge >= 0.3 is 5.69 Å². The molecular weight excluding hydrogens is 294 g/mol. The molecule has 1 aliphatic heterocycles. The molecule has 23 heavy (non-hydrogen) atoms. The summed E-state index contributed by atoms with van der Waals surface area (Å²) in [5.74, 6) is 1.79. The summed E-state index contributed by atoms with van der Waals surface area (Å²) >= 11 is 0. The maximum absolute atomic E-state index is 11.1. The smallest absolute Gasteiger partial charge is 0.311 e. The Morgan fingerprint density at radius 1 is 1.26 bits per heavy atom. The predicted octanol–water partition coefficient (Wildman–Crippen LogP) is 3.38. The van der Waals surface area contributed by atoms with Gasteiger partial charge in [0.2, 0.25) is 5.82 Å². The van der Waals surface area contributed by atoms with Crippen LogP contribution in [0, 0.1) is 10.1 Å². The maximum atomic E-state index is 11.1. The van der Waals surface area contributed by atoms with Crippen LogP contribution in [0.5, 0.6) is 5.75 Å². The predicted molar refractivity (Wildman–Crippen MR) is 88.1 cm³/mol. The van der Waals surface area contributed by atoms with Crippen LogP contribution in [0.4, 0.5) is 11.5 Å². The van der Waals surface area contributed by atoms with E-state index >= 15 is 0 Å². The molecule has 0 N–H and O–H groups in total. The van der Waals surface area contributed by atoms with Crippen molar-refractivity contribution in [2.75, 3.05) is 25.1 Å². The van der Waals surface area contributed by atoms with Crippen LogP contribution in [0.3, 0.4) is 0 Å². The third kappa shape index (κ3) is 3.26. The van der Waals surface area contributed by atoms with E-state index < -0.39 is 0 Å². The molecule has 1 aliphatic rings. The number of piperidine rings is 1. The SMILES string of the molecule is COc1cccc(C2CCN(c3ncccc3[N+](=O)[O-])CC2)c1. The molecule has 0 saturated carbocycles. The number of nitrogens with zero attached hydrogens (tertiary/aromatic N) is 3. The van der Waals surface area contributed by atoms with Gasteiger partial charge in [-0.05, 0) is 42.5 Å². The highest BCUT2D eigenvalue weighted by Gasteiger charge is 2.26. The highest BCUT2D eigenvalue weighted by molar-refractivity contribution is 5.57. The van der Waals surface area contributed by atoms with Crippen molar-refractivity contribution in [3.8, 4) is 5.75 Å². The second kappa shape index (κ2) is 6.64. The molecule has 2 heterocycles. The standard InChI is InChI=1S/C17H19N3O3/c1-23-15-5-2-4-14(12-15)13-7-10-19(11-8-13)17-16(20(21)22)6-3-9-18-17/h2-6,9,12-13H,7-8,10-11H2,1H3. The Morgan fingerprint density at radius 3 is 2.74 bits per heavy atom. The van der Waals surface area contributed by atoms with Gasteiger partial charge in [0.25, 0.3) is 0 Å². The lowest BCUT2D eigenvalue weighted by Crippen LogP contribution is -2.33. The van der Waals surface area contributed by atoms with Crippen LogP contribution in [0.2, 0.25) is 0 Å². The van der Waals surface area contributed by atoms with Gasteiger partial charge in [0.1, 0.15) is 5.75 Å². The van der Waals surface area contributed by atoms with Crippen molar-refractivity contribution in [3.05, 3.63) is 58.3 Å². The second-order valence-corrected chi connectivity index (χ2v) is 5.64. The Hall–Kier alpha value is -2.63. The number of benzene rings is 1. The number of pyridine rings is 1. The topological polar surface area (TPSA) is 68.5 Å². The first-order valence-electron chi connectivity index (χ1n) is 7.67. The first-order valence-corrected chi connectivity index (χ1v) is 7.67. The minimum atomic E-state index is -0.365. The zero-order chi connectivity index (χ0) is 16.2. The molecule has 1 fully saturated rings. The summed E-state index contributed by atoms with van der Waals surface area (Å²) in [4.78, 5) is 17.0. The number of hydrogen-bond donors (Lipinski definition) is 0. The van der Waals surface area contributed by atoms with Crippen LogP contribution < -0.4 is 9.64 Å². The average Bonchev–Trinajstić information content (AvgIpc) is 2.62. The number of anilines is 1. The highest BCUT2D eigenvalue weighted by Crippen LogP contribution is 2.34. The fourth-order valence-electron chi connectivity index (χ4n) is 3.09. The number of rotatable bonds is 4. The molecule has 0 atom stereocenters. The minimum absolute atomic E-state index is 0.0762. The van der Waals surface area contributed by atoms with Crippen molar-refractivity contribution < 1.29 is 9.66 Å². The quantitative estimate of drug-likeness (QED) is 0.639.